The van der Waals surface area contributed by atoms with E-state index in [0.717, 1.165) is 16.7 Å². The Morgan fingerprint density at radius 1 is 1.10 bits per heavy atom. The molecule has 5 nitrogen and oxygen atoms in total. The predicted molar refractivity (Wildman–Crippen MR) is 116 cm³/mol. The van der Waals surface area contributed by atoms with Crippen LogP contribution >= 0.6 is 11.6 Å². The van der Waals surface area contributed by atoms with Gasteiger partial charge in [0.2, 0.25) is 15.9 Å². The van der Waals surface area contributed by atoms with Crippen LogP contribution in [0.15, 0.2) is 47.4 Å². The van der Waals surface area contributed by atoms with Crippen LogP contribution in [0.5, 0.6) is 0 Å². The number of carbonyl (C=O) groups excluding carboxylic acids is 1. The number of hydrogen-bond donors (Lipinski definition) is 1. The highest BCUT2D eigenvalue weighted by atomic mass is 35.5. The van der Waals surface area contributed by atoms with Crippen molar-refractivity contribution in [1.82, 2.24) is 9.62 Å². The number of rotatable bonds is 6. The van der Waals surface area contributed by atoms with E-state index in [0.29, 0.717) is 48.7 Å². The van der Waals surface area contributed by atoms with Crippen molar-refractivity contribution < 1.29 is 13.2 Å². The Kier molecular flexibility index (Phi) is 6.98. The highest BCUT2D eigenvalue weighted by Crippen LogP contribution is 2.24. The number of sulfonamides is 1. The molecule has 0 atom stereocenters. The highest BCUT2D eigenvalue weighted by Gasteiger charge is 2.30. The summed E-state index contributed by atoms with van der Waals surface area (Å²) in [4.78, 5) is 12.6. The van der Waals surface area contributed by atoms with Crippen LogP contribution in [0.25, 0.3) is 0 Å². The number of nitrogens with one attached hydrogen (secondary N) is 1. The fraction of sp³-hybridized carbons (Fsp3) is 0.409. The number of piperidine rings is 1. The molecule has 156 valence electrons. The van der Waals surface area contributed by atoms with E-state index in [-0.39, 0.29) is 11.9 Å². The van der Waals surface area contributed by atoms with Crippen molar-refractivity contribution in [3.05, 3.63) is 64.2 Å². The Morgan fingerprint density at radius 2 is 1.76 bits per heavy atom. The van der Waals surface area contributed by atoms with Crippen molar-refractivity contribution >= 4 is 27.5 Å². The Bertz CT molecular complexity index is 966. The van der Waals surface area contributed by atoms with Gasteiger partial charge in [0, 0.05) is 30.6 Å². The number of carbonyl (C=O) groups is 1. The average molecular weight is 435 g/mol. The molecule has 1 aliphatic heterocycles. The van der Waals surface area contributed by atoms with Gasteiger partial charge in [0.1, 0.15) is 0 Å². The molecule has 2 aromatic carbocycles. The lowest BCUT2D eigenvalue weighted by atomic mass is 10.1. The van der Waals surface area contributed by atoms with Gasteiger partial charge in [-0.05, 0) is 68.0 Å². The molecule has 0 unspecified atom stereocenters. The highest BCUT2D eigenvalue weighted by molar-refractivity contribution is 7.89. The second-order valence-electron chi connectivity index (χ2n) is 7.64. The molecular weight excluding hydrogens is 408 g/mol. The molecule has 1 amide bonds. The number of hydrogen-bond acceptors (Lipinski definition) is 3. The Labute approximate surface area is 178 Å². The molecule has 0 aliphatic carbocycles. The number of nitrogens with zero attached hydrogens (tertiary/aromatic N) is 1. The number of amides is 1. The summed E-state index contributed by atoms with van der Waals surface area (Å²) in [5.74, 6) is -0.00390. The normalized spacial score (nSPS) is 16.0. The van der Waals surface area contributed by atoms with Crippen LogP contribution in [0, 0.1) is 13.8 Å². The van der Waals surface area contributed by atoms with Crippen molar-refractivity contribution in [3.63, 3.8) is 0 Å². The first-order valence-corrected chi connectivity index (χ1v) is 11.7. The van der Waals surface area contributed by atoms with Crippen LogP contribution in [-0.4, -0.2) is 37.8 Å². The zero-order chi connectivity index (χ0) is 21.0. The summed E-state index contributed by atoms with van der Waals surface area (Å²) in [7, 11) is -3.51. The summed E-state index contributed by atoms with van der Waals surface area (Å²) < 4.78 is 27.5. The van der Waals surface area contributed by atoms with E-state index in [2.05, 4.69) is 5.32 Å². The van der Waals surface area contributed by atoms with Crippen LogP contribution in [0.1, 0.15) is 36.0 Å². The first kappa shape index (κ1) is 21.8. The molecule has 1 fully saturated rings. The average Bonchev–Trinajstić information content (AvgIpc) is 2.70. The van der Waals surface area contributed by atoms with Gasteiger partial charge in [-0.15, -0.1) is 0 Å². The third-order valence-electron chi connectivity index (χ3n) is 5.33. The van der Waals surface area contributed by atoms with Gasteiger partial charge >= 0.3 is 0 Å². The van der Waals surface area contributed by atoms with Crippen LogP contribution in [0.2, 0.25) is 5.02 Å². The molecule has 0 bridgehead atoms. The Hall–Kier alpha value is -1.89. The zero-order valence-corrected chi connectivity index (χ0v) is 18.4. The molecule has 3 rings (SSSR count). The number of aryl methyl sites for hydroxylation is 3. The molecule has 7 heteroatoms. The minimum atomic E-state index is -3.51. The third-order valence-corrected chi connectivity index (χ3v) is 7.63. The molecule has 29 heavy (non-hydrogen) atoms. The Morgan fingerprint density at radius 3 is 2.41 bits per heavy atom. The molecular formula is C22H27ClN2O3S. The summed E-state index contributed by atoms with van der Waals surface area (Å²) in [6, 6.07) is 13.0. The van der Waals surface area contributed by atoms with Crippen molar-refractivity contribution in [2.24, 2.45) is 0 Å². The van der Waals surface area contributed by atoms with E-state index in [4.69, 9.17) is 11.6 Å². The molecule has 0 aromatic heterocycles. The molecule has 0 saturated carbocycles. The van der Waals surface area contributed by atoms with Gasteiger partial charge in [0.05, 0.1) is 4.90 Å². The standard InChI is InChI=1S/C22H27ClN2O3S/c1-16-3-4-17(2)21(15-16)29(27,28)25-13-11-20(12-14-25)24-22(26)10-7-18-5-8-19(23)9-6-18/h3-6,8-9,15,20H,7,10-14H2,1-2H3,(H,24,26). The largest absolute Gasteiger partial charge is 0.353 e. The fourth-order valence-corrected chi connectivity index (χ4v) is 5.48. The van der Waals surface area contributed by atoms with Crippen molar-refractivity contribution in [3.8, 4) is 0 Å². The van der Waals surface area contributed by atoms with Crippen LogP contribution in [0.4, 0.5) is 0 Å². The lowest BCUT2D eigenvalue weighted by Gasteiger charge is -2.32. The first-order chi connectivity index (χ1) is 13.8. The smallest absolute Gasteiger partial charge is 0.243 e. The molecule has 1 aliphatic rings. The van der Waals surface area contributed by atoms with Gasteiger partial charge in [-0.3, -0.25) is 4.79 Å². The summed E-state index contributed by atoms with van der Waals surface area (Å²) >= 11 is 5.88. The zero-order valence-electron chi connectivity index (χ0n) is 16.8. The SMILES string of the molecule is Cc1ccc(C)c(S(=O)(=O)N2CCC(NC(=O)CCc3ccc(Cl)cc3)CC2)c1. The van der Waals surface area contributed by atoms with Crippen molar-refractivity contribution in [1.29, 1.82) is 0 Å². The lowest BCUT2D eigenvalue weighted by Crippen LogP contribution is -2.46. The molecule has 0 spiro atoms. The van der Waals surface area contributed by atoms with Crippen molar-refractivity contribution in [2.45, 2.75) is 50.5 Å². The minimum absolute atomic E-state index is 0.00390. The van der Waals surface area contributed by atoms with Gasteiger partial charge in [-0.25, -0.2) is 8.42 Å². The van der Waals surface area contributed by atoms with Crippen LogP contribution in [-0.2, 0) is 21.2 Å². The molecule has 1 saturated heterocycles. The molecule has 1 heterocycles. The second kappa shape index (κ2) is 9.28. The van der Waals surface area contributed by atoms with E-state index in [9.17, 15) is 13.2 Å². The van der Waals surface area contributed by atoms with Gasteiger partial charge in [0.15, 0.2) is 0 Å². The first-order valence-electron chi connectivity index (χ1n) is 9.87. The summed E-state index contributed by atoms with van der Waals surface area (Å²) in [6.07, 6.45) is 2.30. The van der Waals surface area contributed by atoms with Crippen LogP contribution in [0.3, 0.4) is 0 Å². The molecule has 2 aromatic rings. The summed E-state index contributed by atoms with van der Waals surface area (Å²) in [5.41, 5.74) is 2.75. The second-order valence-corrected chi connectivity index (χ2v) is 9.98. The van der Waals surface area contributed by atoms with E-state index >= 15 is 0 Å². The van der Waals surface area contributed by atoms with E-state index < -0.39 is 10.0 Å². The number of benzene rings is 2. The van der Waals surface area contributed by atoms with E-state index in [1.54, 1.807) is 6.07 Å². The quantitative estimate of drug-likeness (QED) is 0.750. The lowest BCUT2D eigenvalue weighted by molar-refractivity contribution is -0.122. The van der Waals surface area contributed by atoms with E-state index in [1.807, 2.05) is 50.2 Å². The minimum Gasteiger partial charge on any atom is -0.353 e. The van der Waals surface area contributed by atoms with Gasteiger partial charge in [0.25, 0.3) is 0 Å². The maximum Gasteiger partial charge on any atom is 0.243 e. The van der Waals surface area contributed by atoms with Crippen molar-refractivity contribution in [2.75, 3.05) is 13.1 Å². The van der Waals surface area contributed by atoms with E-state index in [1.165, 1.54) is 4.31 Å². The van der Waals surface area contributed by atoms with Crippen LogP contribution < -0.4 is 5.32 Å². The maximum absolute atomic E-state index is 13.0. The molecule has 0 radical (unpaired) electrons. The maximum atomic E-state index is 13.0. The third kappa shape index (κ3) is 5.59. The van der Waals surface area contributed by atoms with Gasteiger partial charge < -0.3 is 5.32 Å². The fourth-order valence-electron chi connectivity index (χ4n) is 3.57. The number of halogens is 1. The summed E-state index contributed by atoms with van der Waals surface area (Å²) in [6.45, 7) is 4.54. The van der Waals surface area contributed by atoms with Gasteiger partial charge in [-0.1, -0.05) is 35.9 Å². The Balaban J connectivity index is 1.51. The monoisotopic (exact) mass is 434 g/mol. The predicted octanol–water partition coefficient (Wildman–Crippen LogP) is 3.86. The van der Waals surface area contributed by atoms with Gasteiger partial charge in [-0.2, -0.15) is 4.31 Å². The molecule has 1 N–H and O–H groups in total. The topological polar surface area (TPSA) is 66.5 Å². The summed E-state index contributed by atoms with van der Waals surface area (Å²) in [5, 5.41) is 3.73.